The van der Waals surface area contributed by atoms with Crippen LogP contribution in [-0.4, -0.2) is 19.3 Å². The number of halogens is 1. The van der Waals surface area contributed by atoms with Crippen LogP contribution in [0.15, 0.2) is 22.7 Å². The Labute approximate surface area is 118 Å². The molecule has 1 aromatic carbocycles. The van der Waals surface area contributed by atoms with Gasteiger partial charge in [0.25, 0.3) is 0 Å². The van der Waals surface area contributed by atoms with Gasteiger partial charge in [-0.15, -0.1) is 0 Å². The Kier molecular flexibility index (Phi) is 5.07. The zero-order valence-electron chi connectivity index (χ0n) is 11.1. The molecule has 2 rings (SSSR count). The van der Waals surface area contributed by atoms with E-state index in [0.717, 1.165) is 29.9 Å². The van der Waals surface area contributed by atoms with E-state index in [1.807, 2.05) is 6.07 Å². The molecule has 1 aromatic rings. The van der Waals surface area contributed by atoms with Gasteiger partial charge in [-0.1, -0.05) is 29.8 Å². The van der Waals surface area contributed by atoms with Crippen molar-refractivity contribution >= 4 is 15.9 Å². The molecule has 1 aliphatic rings. The molecule has 0 saturated carbocycles. The quantitative estimate of drug-likeness (QED) is 0.795. The minimum absolute atomic E-state index is 0.406. The number of hydrogen-bond donors (Lipinski definition) is 0. The fourth-order valence-electron chi connectivity index (χ4n) is 2.27. The van der Waals surface area contributed by atoms with E-state index in [0.29, 0.717) is 12.0 Å². The third-order valence-corrected chi connectivity index (χ3v) is 3.81. The van der Waals surface area contributed by atoms with Crippen molar-refractivity contribution in [1.82, 2.24) is 0 Å². The molecule has 2 nitrogen and oxygen atoms in total. The highest BCUT2D eigenvalue weighted by Crippen LogP contribution is 2.29. The molecule has 0 aliphatic carbocycles. The number of hydrogen-bond acceptors (Lipinski definition) is 2. The summed E-state index contributed by atoms with van der Waals surface area (Å²) in [6.45, 7) is 6.04. The minimum Gasteiger partial charge on any atom is -0.493 e. The normalized spacial score (nSPS) is 19.4. The second kappa shape index (κ2) is 6.58. The third-order valence-electron chi connectivity index (χ3n) is 3.32. The molecule has 0 aromatic heterocycles. The van der Waals surface area contributed by atoms with Crippen molar-refractivity contribution in [2.75, 3.05) is 13.2 Å². The lowest BCUT2D eigenvalue weighted by molar-refractivity contribution is 0.0902. The molecule has 0 radical (unpaired) electrons. The van der Waals surface area contributed by atoms with Crippen molar-refractivity contribution in [3.05, 3.63) is 28.2 Å². The summed E-state index contributed by atoms with van der Waals surface area (Å²) >= 11 is 3.51. The van der Waals surface area contributed by atoms with Gasteiger partial charge in [0.05, 0.1) is 12.7 Å². The molecule has 0 spiro atoms. The van der Waals surface area contributed by atoms with Crippen molar-refractivity contribution in [2.24, 2.45) is 0 Å². The minimum atomic E-state index is 0.406. The van der Waals surface area contributed by atoms with Crippen LogP contribution in [0.25, 0.3) is 0 Å². The standard InChI is InChI=1S/C15H21BrO2/c1-11(2)14-10-12(16)5-6-15(14)18-9-7-13-4-3-8-17-13/h5-6,10-11,13H,3-4,7-9H2,1-2H3. The van der Waals surface area contributed by atoms with Crippen molar-refractivity contribution in [1.29, 1.82) is 0 Å². The summed E-state index contributed by atoms with van der Waals surface area (Å²) in [4.78, 5) is 0. The molecule has 18 heavy (non-hydrogen) atoms. The van der Waals surface area contributed by atoms with Gasteiger partial charge in [-0.05, 0) is 42.5 Å². The summed E-state index contributed by atoms with van der Waals surface area (Å²) < 4.78 is 12.6. The van der Waals surface area contributed by atoms with Crippen molar-refractivity contribution in [2.45, 2.75) is 45.1 Å². The maximum Gasteiger partial charge on any atom is 0.122 e. The molecular formula is C15H21BrO2. The first-order chi connectivity index (χ1) is 8.66. The van der Waals surface area contributed by atoms with Crippen LogP contribution in [0.5, 0.6) is 5.75 Å². The molecular weight excluding hydrogens is 292 g/mol. The molecule has 1 saturated heterocycles. The first kappa shape index (κ1) is 13.9. The summed E-state index contributed by atoms with van der Waals surface area (Å²) in [7, 11) is 0. The van der Waals surface area contributed by atoms with Crippen LogP contribution in [0.4, 0.5) is 0 Å². The zero-order valence-corrected chi connectivity index (χ0v) is 12.7. The monoisotopic (exact) mass is 312 g/mol. The van der Waals surface area contributed by atoms with Crippen LogP contribution in [0.1, 0.15) is 44.6 Å². The van der Waals surface area contributed by atoms with E-state index < -0.39 is 0 Å². The Morgan fingerprint density at radius 3 is 2.94 bits per heavy atom. The van der Waals surface area contributed by atoms with Crippen LogP contribution < -0.4 is 4.74 Å². The molecule has 100 valence electrons. The van der Waals surface area contributed by atoms with Gasteiger partial charge in [0, 0.05) is 17.5 Å². The first-order valence-corrected chi connectivity index (χ1v) is 7.50. The summed E-state index contributed by atoms with van der Waals surface area (Å²) in [6, 6.07) is 6.23. The second-order valence-electron chi connectivity index (χ2n) is 5.11. The SMILES string of the molecule is CC(C)c1cc(Br)ccc1OCCC1CCCO1. The van der Waals surface area contributed by atoms with Gasteiger partial charge in [-0.3, -0.25) is 0 Å². The molecule has 1 atom stereocenters. The molecule has 1 fully saturated rings. The molecule has 0 bridgehead atoms. The average Bonchev–Trinajstić information content (AvgIpc) is 2.84. The van der Waals surface area contributed by atoms with E-state index in [9.17, 15) is 0 Å². The number of rotatable bonds is 5. The largest absolute Gasteiger partial charge is 0.493 e. The van der Waals surface area contributed by atoms with E-state index in [-0.39, 0.29) is 0 Å². The van der Waals surface area contributed by atoms with E-state index >= 15 is 0 Å². The van der Waals surface area contributed by atoms with E-state index in [4.69, 9.17) is 9.47 Å². The van der Waals surface area contributed by atoms with Gasteiger partial charge in [0.2, 0.25) is 0 Å². The second-order valence-corrected chi connectivity index (χ2v) is 6.02. The maximum absolute atomic E-state index is 5.91. The molecule has 0 N–H and O–H groups in total. The molecule has 1 unspecified atom stereocenters. The van der Waals surface area contributed by atoms with Gasteiger partial charge >= 0.3 is 0 Å². The molecule has 1 heterocycles. The van der Waals surface area contributed by atoms with Crippen LogP contribution in [0.3, 0.4) is 0 Å². The van der Waals surface area contributed by atoms with Gasteiger partial charge in [-0.25, -0.2) is 0 Å². The van der Waals surface area contributed by atoms with E-state index in [1.54, 1.807) is 0 Å². The highest BCUT2D eigenvalue weighted by atomic mass is 79.9. The Balaban J connectivity index is 1.91. The predicted octanol–water partition coefficient (Wildman–Crippen LogP) is 4.52. The van der Waals surface area contributed by atoms with Gasteiger partial charge in [0.15, 0.2) is 0 Å². The molecule has 0 amide bonds. The van der Waals surface area contributed by atoms with Crippen LogP contribution >= 0.6 is 15.9 Å². The number of benzene rings is 1. The lowest BCUT2D eigenvalue weighted by Crippen LogP contribution is -2.11. The Morgan fingerprint density at radius 2 is 2.28 bits per heavy atom. The Morgan fingerprint density at radius 1 is 1.44 bits per heavy atom. The van der Waals surface area contributed by atoms with E-state index in [2.05, 4.69) is 41.9 Å². The first-order valence-electron chi connectivity index (χ1n) is 6.70. The highest BCUT2D eigenvalue weighted by Gasteiger charge is 2.15. The van der Waals surface area contributed by atoms with Gasteiger partial charge in [0.1, 0.15) is 5.75 Å². The van der Waals surface area contributed by atoms with Crippen LogP contribution in [0.2, 0.25) is 0 Å². The van der Waals surface area contributed by atoms with E-state index in [1.165, 1.54) is 18.4 Å². The summed E-state index contributed by atoms with van der Waals surface area (Å²) in [6.07, 6.45) is 3.78. The van der Waals surface area contributed by atoms with Gasteiger partial charge in [-0.2, -0.15) is 0 Å². The van der Waals surface area contributed by atoms with Crippen molar-refractivity contribution in [3.8, 4) is 5.75 Å². The lowest BCUT2D eigenvalue weighted by atomic mass is 10.0. The molecule has 1 aliphatic heterocycles. The van der Waals surface area contributed by atoms with Crippen LogP contribution in [-0.2, 0) is 4.74 Å². The zero-order chi connectivity index (χ0) is 13.0. The topological polar surface area (TPSA) is 18.5 Å². The summed E-state index contributed by atoms with van der Waals surface area (Å²) in [5, 5.41) is 0. The van der Waals surface area contributed by atoms with Gasteiger partial charge < -0.3 is 9.47 Å². The Hall–Kier alpha value is -0.540. The molecule has 3 heteroatoms. The fraction of sp³-hybridized carbons (Fsp3) is 0.600. The van der Waals surface area contributed by atoms with Crippen molar-refractivity contribution in [3.63, 3.8) is 0 Å². The van der Waals surface area contributed by atoms with Crippen molar-refractivity contribution < 1.29 is 9.47 Å². The highest BCUT2D eigenvalue weighted by molar-refractivity contribution is 9.10. The predicted molar refractivity (Wildman–Crippen MR) is 77.3 cm³/mol. The third kappa shape index (κ3) is 3.72. The summed E-state index contributed by atoms with van der Waals surface area (Å²) in [5.74, 6) is 1.48. The Bertz CT molecular complexity index is 384. The fourth-order valence-corrected chi connectivity index (χ4v) is 2.65. The summed E-state index contributed by atoms with van der Waals surface area (Å²) in [5.41, 5.74) is 1.26. The van der Waals surface area contributed by atoms with Crippen LogP contribution in [0, 0.1) is 0 Å². The average molecular weight is 313 g/mol. The number of ether oxygens (including phenoxy) is 2. The maximum atomic E-state index is 5.91. The lowest BCUT2D eigenvalue weighted by Gasteiger charge is -2.16. The smallest absolute Gasteiger partial charge is 0.122 e.